The minimum Gasteiger partial charge on any atom is -0.326 e. The summed E-state index contributed by atoms with van der Waals surface area (Å²) in [6.45, 7) is 1.98. The summed E-state index contributed by atoms with van der Waals surface area (Å²) in [5.74, 6) is 0.551. The molecule has 4 aromatic rings. The van der Waals surface area contributed by atoms with Crippen LogP contribution in [0.4, 0.5) is 18.9 Å². The van der Waals surface area contributed by atoms with E-state index in [0.29, 0.717) is 34.7 Å². The van der Waals surface area contributed by atoms with Gasteiger partial charge >= 0.3 is 6.18 Å². The highest BCUT2D eigenvalue weighted by Crippen LogP contribution is 2.31. The van der Waals surface area contributed by atoms with Crippen LogP contribution in [-0.2, 0) is 11.0 Å². The quantitative estimate of drug-likeness (QED) is 0.145. The number of hydrogen-bond acceptors (Lipinski definition) is 4. The van der Waals surface area contributed by atoms with Gasteiger partial charge in [0.2, 0.25) is 5.91 Å². The summed E-state index contributed by atoms with van der Waals surface area (Å²) >= 11 is 1.32. The van der Waals surface area contributed by atoms with Crippen LogP contribution >= 0.6 is 11.8 Å². The highest BCUT2D eigenvalue weighted by Gasteiger charge is 2.31. The molecule has 0 saturated carbocycles. The molecule has 0 aliphatic rings. The number of halogens is 3. The van der Waals surface area contributed by atoms with Crippen molar-refractivity contribution in [3.63, 3.8) is 0 Å². The predicted octanol–water partition coefficient (Wildman–Crippen LogP) is 7.00. The van der Waals surface area contributed by atoms with Gasteiger partial charge in [-0.15, -0.1) is 0 Å². The van der Waals surface area contributed by atoms with Gasteiger partial charge in [-0.05, 0) is 62.2 Å². The second-order valence-electron chi connectivity index (χ2n) is 8.67. The minimum absolute atomic E-state index is 0.0499. The molecule has 0 bridgehead atoms. The fourth-order valence-corrected chi connectivity index (χ4v) is 4.86. The van der Waals surface area contributed by atoms with Gasteiger partial charge < -0.3 is 5.32 Å². The molecule has 9 heteroatoms. The third-order valence-electron chi connectivity index (χ3n) is 5.79. The first kappa shape index (κ1) is 26.5. The van der Waals surface area contributed by atoms with Gasteiger partial charge in [0.25, 0.3) is 5.56 Å². The van der Waals surface area contributed by atoms with Crippen molar-refractivity contribution in [3.05, 3.63) is 94.3 Å². The summed E-state index contributed by atoms with van der Waals surface area (Å²) in [5.41, 5.74) is 1.25. The molecular weight excluding hydrogens is 499 g/mol. The monoisotopic (exact) mass is 525 g/mol. The summed E-state index contributed by atoms with van der Waals surface area (Å²) < 4.78 is 41.2. The zero-order chi connectivity index (χ0) is 26.4. The molecule has 1 heterocycles. The molecule has 37 heavy (non-hydrogen) atoms. The average Bonchev–Trinajstić information content (AvgIpc) is 2.87. The van der Waals surface area contributed by atoms with Crippen LogP contribution in [0.3, 0.4) is 0 Å². The average molecular weight is 526 g/mol. The molecule has 0 saturated heterocycles. The van der Waals surface area contributed by atoms with Crippen molar-refractivity contribution < 1.29 is 18.0 Å². The number of unbranched alkanes of at least 4 members (excludes halogenated alkanes) is 2. The number of nitrogens with one attached hydrogen (secondary N) is 1. The summed E-state index contributed by atoms with van der Waals surface area (Å²) in [7, 11) is 0. The second-order valence-corrected chi connectivity index (χ2v) is 9.74. The maximum absolute atomic E-state index is 13.3. The van der Waals surface area contributed by atoms with Crippen molar-refractivity contribution in [1.29, 1.82) is 0 Å². The number of fused-ring (bicyclic) bond motifs is 1. The number of hydrogen-bond donors (Lipinski definition) is 1. The zero-order valence-corrected chi connectivity index (χ0v) is 21.0. The van der Waals surface area contributed by atoms with Crippen LogP contribution in [0.2, 0.25) is 0 Å². The van der Waals surface area contributed by atoms with Crippen molar-refractivity contribution in [2.24, 2.45) is 0 Å². The number of aryl methyl sites for hydroxylation is 1. The lowest BCUT2D eigenvalue weighted by molar-refractivity contribution is -0.137. The molecule has 0 radical (unpaired) electrons. The lowest BCUT2D eigenvalue weighted by atomic mass is 10.2. The van der Waals surface area contributed by atoms with Crippen LogP contribution in [0.25, 0.3) is 16.6 Å². The number of alkyl halides is 3. The minimum atomic E-state index is -4.52. The Labute approximate surface area is 216 Å². The van der Waals surface area contributed by atoms with Gasteiger partial charge in [0.05, 0.1) is 22.2 Å². The largest absolute Gasteiger partial charge is 0.416 e. The molecule has 1 aromatic heterocycles. The van der Waals surface area contributed by atoms with Crippen molar-refractivity contribution in [2.45, 2.75) is 43.9 Å². The number of carbonyl (C=O) groups is 1. The van der Waals surface area contributed by atoms with Crippen LogP contribution < -0.4 is 10.9 Å². The SMILES string of the molecule is Cc1ccc(NC(=O)CCCCCSc2nc3ccccc3c(=O)n2-c2cccc(C(F)(F)F)c2)cc1. The Morgan fingerprint density at radius 1 is 0.973 bits per heavy atom. The maximum Gasteiger partial charge on any atom is 0.416 e. The zero-order valence-electron chi connectivity index (χ0n) is 20.2. The van der Waals surface area contributed by atoms with E-state index in [0.717, 1.165) is 36.2 Å². The molecule has 0 unspecified atom stereocenters. The Hall–Kier alpha value is -3.59. The first-order chi connectivity index (χ1) is 17.7. The van der Waals surface area contributed by atoms with Gasteiger partial charge in [-0.3, -0.25) is 14.2 Å². The first-order valence-electron chi connectivity index (χ1n) is 11.9. The number of carbonyl (C=O) groups excluding carboxylic acids is 1. The van der Waals surface area contributed by atoms with E-state index in [-0.39, 0.29) is 11.6 Å². The summed E-state index contributed by atoms with van der Waals surface area (Å²) in [6, 6.07) is 19.1. The van der Waals surface area contributed by atoms with Gasteiger partial charge in [-0.2, -0.15) is 13.2 Å². The summed E-state index contributed by atoms with van der Waals surface area (Å²) in [4.78, 5) is 30.0. The van der Waals surface area contributed by atoms with E-state index in [4.69, 9.17) is 0 Å². The molecule has 0 fully saturated rings. The maximum atomic E-state index is 13.3. The Morgan fingerprint density at radius 3 is 2.49 bits per heavy atom. The fraction of sp³-hybridized carbons (Fsp3) is 0.250. The van der Waals surface area contributed by atoms with E-state index < -0.39 is 17.3 Å². The Morgan fingerprint density at radius 2 is 1.73 bits per heavy atom. The Balaban J connectivity index is 1.42. The molecule has 1 N–H and O–H groups in total. The smallest absolute Gasteiger partial charge is 0.326 e. The molecule has 3 aromatic carbocycles. The third kappa shape index (κ3) is 6.80. The molecule has 0 atom stereocenters. The van der Waals surface area contributed by atoms with E-state index in [1.165, 1.54) is 28.5 Å². The number of amides is 1. The molecule has 192 valence electrons. The number of anilines is 1. The summed E-state index contributed by atoms with van der Waals surface area (Å²) in [5, 5.41) is 3.55. The van der Waals surface area contributed by atoms with Crippen LogP contribution in [0, 0.1) is 6.92 Å². The van der Waals surface area contributed by atoms with Crippen LogP contribution in [-0.4, -0.2) is 21.2 Å². The fourth-order valence-electron chi connectivity index (χ4n) is 3.85. The third-order valence-corrected chi connectivity index (χ3v) is 6.82. The number of para-hydroxylation sites is 1. The van der Waals surface area contributed by atoms with Gasteiger partial charge in [0, 0.05) is 17.9 Å². The number of aromatic nitrogens is 2. The van der Waals surface area contributed by atoms with Gasteiger partial charge in [0.15, 0.2) is 5.16 Å². The first-order valence-corrected chi connectivity index (χ1v) is 12.9. The normalized spacial score (nSPS) is 11.6. The van der Waals surface area contributed by atoms with Gasteiger partial charge in [-0.25, -0.2) is 4.98 Å². The number of thioether (sulfide) groups is 1. The Bertz CT molecular complexity index is 1450. The molecule has 5 nitrogen and oxygen atoms in total. The highest BCUT2D eigenvalue weighted by atomic mass is 32.2. The second kappa shape index (κ2) is 11.6. The lowest BCUT2D eigenvalue weighted by Gasteiger charge is -2.15. The van der Waals surface area contributed by atoms with Crippen molar-refractivity contribution in [2.75, 3.05) is 11.1 Å². The van der Waals surface area contributed by atoms with E-state index >= 15 is 0 Å². The van der Waals surface area contributed by atoms with E-state index in [1.54, 1.807) is 24.3 Å². The van der Waals surface area contributed by atoms with Crippen molar-refractivity contribution in [1.82, 2.24) is 9.55 Å². The molecule has 0 aliphatic carbocycles. The molecular formula is C28H26F3N3O2S. The molecule has 1 amide bonds. The molecule has 0 aliphatic heterocycles. The molecule has 4 rings (SSSR count). The number of benzene rings is 3. The molecule has 0 spiro atoms. The number of nitrogens with zero attached hydrogens (tertiary/aromatic N) is 2. The van der Waals surface area contributed by atoms with Crippen LogP contribution in [0.1, 0.15) is 36.8 Å². The number of rotatable bonds is 9. The van der Waals surface area contributed by atoms with Gasteiger partial charge in [-0.1, -0.05) is 54.1 Å². The summed E-state index contributed by atoms with van der Waals surface area (Å²) in [6.07, 6.45) is -1.89. The van der Waals surface area contributed by atoms with Gasteiger partial charge in [0.1, 0.15) is 0 Å². The Kier molecular flexibility index (Phi) is 8.33. The van der Waals surface area contributed by atoms with Crippen molar-refractivity contribution in [3.8, 4) is 5.69 Å². The highest BCUT2D eigenvalue weighted by molar-refractivity contribution is 7.99. The van der Waals surface area contributed by atoms with Crippen molar-refractivity contribution >= 4 is 34.3 Å². The lowest BCUT2D eigenvalue weighted by Crippen LogP contribution is -2.22. The van der Waals surface area contributed by atoms with Crippen LogP contribution in [0.15, 0.2) is 82.7 Å². The topological polar surface area (TPSA) is 64.0 Å². The van der Waals surface area contributed by atoms with E-state index in [9.17, 15) is 22.8 Å². The van der Waals surface area contributed by atoms with E-state index in [2.05, 4.69) is 10.3 Å². The van der Waals surface area contributed by atoms with Crippen LogP contribution in [0.5, 0.6) is 0 Å². The standard InChI is InChI=1S/C28H26F3N3O2S/c1-19-13-15-21(16-14-19)32-25(35)12-3-2-6-17-37-27-33-24-11-5-4-10-23(24)26(36)34(27)22-9-7-8-20(18-22)28(29,30)31/h4-5,7-11,13-16,18H,2-3,6,12,17H2,1H3,(H,32,35). The van der Waals surface area contributed by atoms with E-state index in [1.807, 2.05) is 31.2 Å². The predicted molar refractivity (Wildman–Crippen MR) is 141 cm³/mol.